The molecule has 64 heavy (non-hydrogen) atoms. The van der Waals surface area contributed by atoms with Crippen molar-refractivity contribution in [2.75, 3.05) is 0 Å². The van der Waals surface area contributed by atoms with Crippen molar-refractivity contribution in [2.24, 2.45) is 0 Å². The molecule has 0 bridgehead atoms. The van der Waals surface area contributed by atoms with Crippen LogP contribution in [0.5, 0.6) is 0 Å². The molecule has 0 heteroatoms. The van der Waals surface area contributed by atoms with E-state index in [1.54, 1.807) is 0 Å². The van der Waals surface area contributed by atoms with E-state index >= 15 is 0 Å². The minimum atomic E-state index is 1.20. The lowest BCUT2D eigenvalue weighted by Crippen LogP contribution is -1.95. The summed E-state index contributed by atoms with van der Waals surface area (Å²) in [5, 5.41) is 17.4. The molecule has 0 saturated carbocycles. The second-order valence-corrected chi connectivity index (χ2v) is 17.1. The molecule has 0 fully saturated rings. The van der Waals surface area contributed by atoms with Crippen LogP contribution in [0.2, 0.25) is 0 Å². The van der Waals surface area contributed by atoms with Gasteiger partial charge in [0.1, 0.15) is 0 Å². The van der Waals surface area contributed by atoms with Crippen LogP contribution in [0.15, 0.2) is 243 Å². The van der Waals surface area contributed by atoms with Crippen LogP contribution in [0.3, 0.4) is 0 Å². The van der Waals surface area contributed by atoms with Gasteiger partial charge in [-0.3, -0.25) is 0 Å². The highest BCUT2D eigenvalue weighted by atomic mass is 14.3. The Bertz CT molecular complexity index is 3990. The van der Waals surface area contributed by atoms with Gasteiger partial charge >= 0.3 is 0 Å². The zero-order valence-corrected chi connectivity index (χ0v) is 35.1. The molecule has 0 heterocycles. The highest BCUT2D eigenvalue weighted by molar-refractivity contribution is 6.27. The van der Waals surface area contributed by atoms with Crippen LogP contribution in [-0.2, 0) is 0 Å². The van der Waals surface area contributed by atoms with Crippen LogP contribution in [-0.4, -0.2) is 0 Å². The lowest BCUT2D eigenvalue weighted by atomic mass is 9.80. The summed E-state index contributed by atoms with van der Waals surface area (Å²) >= 11 is 0. The minimum absolute atomic E-state index is 1.20. The fourth-order valence-electron chi connectivity index (χ4n) is 10.7. The van der Waals surface area contributed by atoms with Crippen molar-refractivity contribution < 1.29 is 0 Å². The molecular weight excluding hydrogens is 769 g/mol. The van der Waals surface area contributed by atoms with Crippen molar-refractivity contribution in [3.8, 4) is 55.6 Å². The Hall–Kier alpha value is -8.32. The van der Waals surface area contributed by atoms with Crippen LogP contribution in [0.4, 0.5) is 0 Å². The Morgan fingerprint density at radius 1 is 0.156 bits per heavy atom. The van der Waals surface area contributed by atoms with Gasteiger partial charge in [-0.1, -0.05) is 212 Å². The molecule has 0 amide bonds. The summed E-state index contributed by atoms with van der Waals surface area (Å²) in [5.74, 6) is 0. The average molecular weight is 809 g/mol. The Kier molecular flexibility index (Phi) is 8.32. The maximum atomic E-state index is 2.49. The van der Waals surface area contributed by atoms with Crippen LogP contribution >= 0.6 is 0 Å². The second kappa shape index (κ2) is 14.7. The fourth-order valence-corrected chi connectivity index (χ4v) is 10.7. The number of rotatable bonds is 5. The molecule has 13 rings (SSSR count). The van der Waals surface area contributed by atoms with Gasteiger partial charge in [-0.15, -0.1) is 0 Å². The first-order valence-electron chi connectivity index (χ1n) is 22.2. The van der Waals surface area contributed by atoms with Gasteiger partial charge in [0.05, 0.1) is 0 Å². The number of hydrogen-bond donors (Lipinski definition) is 0. The SMILES string of the molecule is c1ccc(-c2cc3ccccc3cc2-c2ccc3c(c2)c(-c2cccc4ccccc24)c(-c2cccc4ccccc24)c2cc(-c4cc5ccccc5c5ccccc45)ccc23)cc1. The Balaban J connectivity index is 1.20. The molecule has 0 N–H and O–H groups in total. The fraction of sp³-hybridized carbons (Fsp3) is 0. The molecule has 296 valence electrons. The topological polar surface area (TPSA) is 0 Å². The van der Waals surface area contributed by atoms with Crippen molar-refractivity contribution >= 4 is 75.4 Å². The summed E-state index contributed by atoms with van der Waals surface area (Å²) in [6, 6.07) is 90.3. The van der Waals surface area contributed by atoms with Crippen molar-refractivity contribution in [1.29, 1.82) is 0 Å². The van der Waals surface area contributed by atoms with Gasteiger partial charge in [-0.05, 0) is 161 Å². The molecular formula is C64H40. The Morgan fingerprint density at radius 3 is 1.12 bits per heavy atom. The van der Waals surface area contributed by atoms with Crippen LogP contribution < -0.4 is 0 Å². The zero-order chi connectivity index (χ0) is 42.1. The highest BCUT2D eigenvalue weighted by Gasteiger charge is 2.23. The van der Waals surface area contributed by atoms with Gasteiger partial charge in [0, 0.05) is 0 Å². The van der Waals surface area contributed by atoms with E-state index in [0.717, 1.165) is 0 Å². The molecule has 0 saturated heterocycles. The van der Waals surface area contributed by atoms with E-state index in [4.69, 9.17) is 0 Å². The third-order valence-corrected chi connectivity index (χ3v) is 13.6. The van der Waals surface area contributed by atoms with E-state index in [0.29, 0.717) is 0 Å². The first-order valence-corrected chi connectivity index (χ1v) is 22.2. The van der Waals surface area contributed by atoms with Gasteiger partial charge in [0.15, 0.2) is 0 Å². The van der Waals surface area contributed by atoms with E-state index in [-0.39, 0.29) is 0 Å². The van der Waals surface area contributed by atoms with E-state index in [1.807, 2.05) is 0 Å². The average Bonchev–Trinajstić information content (AvgIpc) is 3.37. The van der Waals surface area contributed by atoms with Gasteiger partial charge < -0.3 is 0 Å². The Labute approximate surface area is 371 Å². The molecule has 0 aliphatic carbocycles. The van der Waals surface area contributed by atoms with Crippen LogP contribution in [0.1, 0.15) is 0 Å². The third-order valence-electron chi connectivity index (χ3n) is 13.6. The van der Waals surface area contributed by atoms with Gasteiger partial charge in [-0.25, -0.2) is 0 Å². The maximum absolute atomic E-state index is 2.49. The summed E-state index contributed by atoms with van der Waals surface area (Å²) in [6.45, 7) is 0. The number of hydrogen-bond acceptors (Lipinski definition) is 0. The lowest BCUT2D eigenvalue weighted by molar-refractivity contribution is 1.61. The second-order valence-electron chi connectivity index (χ2n) is 17.1. The summed E-state index contributed by atoms with van der Waals surface area (Å²) < 4.78 is 0. The normalized spacial score (nSPS) is 11.8. The molecule has 0 nitrogen and oxygen atoms in total. The van der Waals surface area contributed by atoms with Crippen molar-refractivity contribution in [3.63, 3.8) is 0 Å². The Morgan fingerprint density at radius 2 is 0.547 bits per heavy atom. The minimum Gasteiger partial charge on any atom is -0.0622 e. The molecule has 13 aromatic rings. The number of benzene rings is 13. The summed E-state index contributed by atoms with van der Waals surface area (Å²) in [7, 11) is 0. The summed E-state index contributed by atoms with van der Waals surface area (Å²) in [5.41, 5.74) is 12.3. The third kappa shape index (κ3) is 5.77. The van der Waals surface area contributed by atoms with E-state index in [2.05, 4.69) is 243 Å². The highest BCUT2D eigenvalue weighted by Crippen LogP contribution is 2.50. The summed E-state index contributed by atoms with van der Waals surface area (Å²) in [4.78, 5) is 0. The van der Waals surface area contributed by atoms with Gasteiger partial charge in [0.2, 0.25) is 0 Å². The van der Waals surface area contributed by atoms with Crippen molar-refractivity contribution in [2.45, 2.75) is 0 Å². The van der Waals surface area contributed by atoms with Crippen LogP contribution in [0.25, 0.3) is 131 Å². The van der Waals surface area contributed by atoms with Crippen LogP contribution in [0, 0.1) is 0 Å². The van der Waals surface area contributed by atoms with Gasteiger partial charge in [-0.2, -0.15) is 0 Å². The molecule has 13 aromatic carbocycles. The quantitative estimate of drug-likeness (QED) is 0.152. The largest absolute Gasteiger partial charge is 0.0622 e. The molecule has 0 unspecified atom stereocenters. The van der Waals surface area contributed by atoms with E-state index < -0.39 is 0 Å². The van der Waals surface area contributed by atoms with Gasteiger partial charge in [0.25, 0.3) is 0 Å². The smallest absolute Gasteiger partial charge is 0.00137 e. The zero-order valence-electron chi connectivity index (χ0n) is 35.1. The molecule has 0 aromatic heterocycles. The predicted molar refractivity (Wildman–Crippen MR) is 276 cm³/mol. The monoisotopic (exact) mass is 808 g/mol. The molecule has 0 radical (unpaired) electrons. The van der Waals surface area contributed by atoms with E-state index in [9.17, 15) is 0 Å². The van der Waals surface area contributed by atoms with E-state index in [1.165, 1.54) is 131 Å². The number of fused-ring (bicyclic) bond motifs is 9. The van der Waals surface area contributed by atoms with Crippen molar-refractivity contribution in [1.82, 2.24) is 0 Å². The molecule has 0 aliphatic rings. The molecule has 0 aliphatic heterocycles. The predicted octanol–water partition coefficient (Wildman–Crippen LogP) is 18.1. The summed E-state index contributed by atoms with van der Waals surface area (Å²) in [6.07, 6.45) is 0. The lowest BCUT2D eigenvalue weighted by Gasteiger charge is -2.22. The maximum Gasteiger partial charge on any atom is -0.00137 e. The molecule has 0 spiro atoms. The first-order chi connectivity index (χ1) is 31.7. The molecule has 0 atom stereocenters. The van der Waals surface area contributed by atoms with Crippen molar-refractivity contribution in [3.05, 3.63) is 243 Å². The standard InChI is InChI=1S/C64H40/c1-2-16-43(17-3-1)58-36-44-20-4-5-21-45(44)37-60(58)48-33-35-55-54-34-32-47(59-38-46-22-8-11-27-51(46)52-28-12-13-29-53(52)59)39-61(54)63(56-30-14-23-41-18-6-9-25-49(41)56)64(62(55)40-48)57-31-15-24-42-19-7-10-26-50(42)57/h1-40H. The first kappa shape index (κ1) is 36.3.